The first-order valence-corrected chi connectivity index (χ1v) is 6.47. The summed E-state index contributed by atoms with van der Waals surface area (Å²) in [5, 5.41) is 22.7. The standard InChI is InChI=1S/C13H15FN2O4/c14-10-7-12(16(19)20)9(13(17)18)6-11(10)15-8-4-2-1-3-5-8/h6-8,15H,1-5H2,(H,17,18). The molecule has 1 aromatic carbocycles. The van der Waals surface area contributed by atoms with Crippen molar-refractivity contribution in [2.45, 2.75) is 38.1 Å². The number of benzene rings is 1. The lowest BCUT2D eigenvalue weighted by molar-refractivity contribution is -0.385. The van der Waals surface area contributed by atoms with Gasteiger partial charge in [-0.1, -0.05) is 19.3 Å². The van der Waals surface area contributed by atoms with E-state index in [0.717, 1.165) is 38.2 Å². The van der Waals surface area contributed by atoms with Crippen molar-refractivity contribution >= 4 is 17.3 Å². The Hall–Kier alpha value is -2.18. The molecule has 0 amide bonds. The maximum atomic E-state index is 13.8. The molecular weight excluding hydrogens is 267 g/mol. The summed E-state index contributed by atoms with van der Waals surface area (Å²) in [5.41, 5.74) is -1.22. The van der Waals surface area contributed by atoms with Crippen molar-refractivity contribution in [2.75, 3.05) is 5.32 Å². The Balaban J connectivity index is 2.31. The zero-order chi connectivity index (χ0) is 14.7. The number of rotatable bonds is 4. The summed E-state index contributed by atoms with van der Waals surface area (Å²) in [4.78, 5) is 20.9. The molecule has 1 aromatic rings. The number of nitro benzene ring substituents is 1. The second-order valence-electron chi connectivity index (χ2n) is 4.89. The number of hydrogen-bond donors (Lipinski definition) is 2. The van der Waals surface area contributed by atoms with Gasteiger partial charge in [-0.15, -0.1) is 0 Å². The number of carboxylic acids is 1. The molecular formula is C13H15FN2O4. The number of nitro groups is 1. The molecule has 20 heavy (non-hydrogen) atoms. The average molecular weight is 282 g/mol. The highest BCUT2D eigenvalue weighted by Gasteiger charge is 2.24. The Morgan fingerprint density at radius 2 is 2.00 bits per heavy atom. The fraction of sp³-hybridized carbons (Fsp3) is 0.462. The van der Waals surface area contributed by atoms with E-state index in [1.165, 1.54) is 0 Å². The van der Waals surface area contributed by atoms with Gasteiger partial charge in [0.2, 0.25) is 0 Å². The summed E-state index contributed by atoms with van der Waals surface area (Å²) in [6.07, 6.45) is 5.00. The van der Waals surface area contributed by atoms with Crippen LogP contribution in [0.4, 0.5) is 15.8 Å². The van der Waals surface area contributed by atoms with Crippen LogP contribution in [0.2, 0.25) is 0 Å². The van der Waals surface area contributed by atoms with Gasteiger partial charge in [0.15, 0.2) is 5.82 Å². The van der Waals surface area contributed by atoms with Crippen LogP contribution in [0.25, 0.3) is 0 Å². The molecule has 0 aromatic heterocycles. The molecule has 108 valence electrons. The normalized spacial score (nSPS) is 15.8. The Labute approximate surface area is 114 Å². The molecule has 2 N–H and O–H groups in total. The van der Waals surface area contributed by atoms with Crippen LogP contribution in [0.5, 0.6) is 0 Å². The lowest BCUT2D eigenvalue weighted by Crippen LogP contribution is -2.23. The number of nitrogens with one attached hydrogen (secondary N) is 1. The lowest BCUT2D eigenvalue weighted by Gasteiger charge is -2.24. The van der Waals surface area contributed by atoms with E-state index in [9.17, 15) is 19.3 Å². The zero-order valence-electron chi connectivity index (χ0n) is 10.8. The van der Waals surface area contributed by atoms with E-state index in [0.29, 0.717) is 6.07 Å². The molecule has 0 aliphatic heterocycles. The monoisotopic (exact) mass is 282 g/mol. The molecule has 0 spiro atoms. The number of hydrogen-bond acceptors (Lipinski definition) is 4. The number of aromatic carboxylic acids is 1. The maximum Gasteiger partial charge on any atom is 0.342 e. The van der Waals surface area contributed by atoms with Gasteiger partial charge in [0.1, 0.15) is 5.56 Å². The summed E-state index contributed by atoms with van der Waals surface area (Å²) >= 11 is 0. The minimum atomic E-state index is -1.44. The largest absolute Gasteiger partial charge is 0.477 e. The third kappa shape index (κ3) is 3.04. The molecule has 0 unspecified atom stereocenters. The Kier molecular flexibility index (Phi) is 4.16. The summed E-state index contributed by atoms with van der Waals surface area (Å²) in [6.45, 7) is 0. The van der Waals surface area contributed by atoms with Gasteiger partial charge in [0.05, 0.1) is 16.7 Å². The molecule has 0 saturated heterocycles. The quantitative estimate of drug-likeness (QED) is 0.653. The predicted molar refractivity (Wildman–Crippen MR) is 70.5 cm³/mol. The topological polar surface area (TPSA) is 92.5 Å². The highest BCUT2D eigenvalue weighted by Crippen LogP contribution is 2.29. The number of nitrogens with zero attached hydrogens (tertiary/aromatic N) is 1. The van der Waals surface area contributed by atoms with Gasteiger partial charge < -0.3 is 10.4 Å². The predicted octanol–water partition coefficient (Wildman–Crippen LogP) is 3.18. The van der Waals surface area contributed by atoms with E-state index < -0.39 is 28.0 Å². The molecule has 6 nitrogen and oxygen atoms in total. The van der Waals surface area contributed by atoms with E-state index in [1.807, 2.05) is 0 Å². The van der Waals surface area contributed by atoms with Crippen molar-refractivity contribution in [1.82, 2.24) is 0 Å². The van der Waals surface area contributed by atoms with Crippen molar-refractivity contribution in [2.24, 2.45) is 0 Å². The highest BCUT2D eigenvalue weighted by molar-refractivity contribution is 5.93. The second kappa shape index (κ2) is 5.85. The average Bonchev–Trinajstić information content (AvgIpc) is 2.41. The summed E-state index contributed by atoms with van der Waals surface area (Å²) < 4.78 is 13.8. The van der Waals surface area contributed by atoms with Gasteiger partial charge in [-0.05, 0) is 18.9 Å². The first-order chi connectivity index (χ1) is 9.49. The van der Waals surface area contributed by atoms with Crippen LogP contribution in [-0.2, 0) is 0 Å². The van der Waals surface area contributed by atoms with Crippen LogP contribution in [0.1, 0.15) is 42.5 Å². The number of carbonyl (C=O) groups is 1. The van der Waals surface area contributed by atoms with Crippen LogP contribution in [0, 0.1) is 15.9 Å². The molecule has 7 heteroatoms. The third-order valence-corrected chi connectivity index (χ3v) is 3.48. The number of halogens is 1. The SMILES string of the molecule is O=C(O)c1cc(NC2CCCCC2)c(F)cc1[N+](=O)[O-]. The smallest absolute Gasteiger partial charge is 0.342 e. The zero-order valence-corrected chi connectivity index (χ0v) is 10.8. The fourth-order valence-electron chi connectivity index (χ4n) is 2.46. The van der Waals surface area contributed by atoms with Crippen molar-refractivity contribution in [1.29, 1.82) is 0 Å². The first-order valence-electron chi connectivity index (χ1n) is 6.47. The number of carboxylic acid groups (broad SMARTS) is 1. The van der Waals surface area contributed by atoms with Gasteiger partial charge in [-0.25, -0.2) is 9.18 Å². The summed E-state index contributed by atoms with van der Waals surface area (Å²) in [6, 6.07) is 1.75. The maximum absolute atomic E-state index is 13.8. The molecule has 2 rings (SSSR count). The Morgan fingerprint density at radius 3 is 2.55 bits per heavy atom. The number of anilines is 1. The molecule has 0 bridgehead atoms. The van der Waals surface area contributed by atoms with Crippen molar-refractivity contribution in [3.05, 3.63) is 33.6 Å². The van der Waals surface area contributed by atoms with Crippen LogP contribution in [-0.4, -0.2) is 22.0 Å². The van der Waals surface area contributed by atoms with Crippen molar-refractivity contribution in [3.8, 4) is 0 Å². The molecule has 0 atom stereocenters. The van der Waals surface area contributed by atoms with Crippen LogP contribution in [0.3, 0.4) is 0 Å². The van der Waals surface area contributed by atoms with E-state index in [1.54, 1.807) is 0 Å². The van der Waals surface area contributed by atoms with Crippen molar-refractivity contribution in [3.63, 3.8) is 0 Å². The summed E-state index contributed by atoms with van der Waals surface area (Å²) in [5.74, 6) is -2.24. The lowest BCUT2D eigenvalue weighted by atomic mass is 9.95. The van der Waals surface area contributed by atoms with Crippen LogP contribution in [0.15, 0.2) is 12.1 Å². The van der Waals surface area contributed by atoms with Gasteiger partial charge >= 0.3 is 5.97 Å². The molecule has 1 aliphatic carbocycles. The van der Waals surface area contributed by atoms with Gasteiger partial charge in [-0.2, -0.15) is 0 Å². The van der Waals surface area contributed by atoms with E-state index in [-0.39, 0.29) is 11.7 Å². The molecule has 1 aliphatic rings. The molecule has 0 heterocycles. The minimum Gasteiger partial charge on any atom is -0.477 e. The summed E-state index contributed by atoms with van der Waals surface area (Å²) in [7, 11) is 0. The highest BCUT2D eigenvalue weighted by atomic mass is 19.1. The second-order valence-corrected chi connectivity index (χ2v) is 4.89. The third-order valence-electron chi connectivity index (χ3n) is 3.48. The van der Waals surface area contributed by atoms with E-state index >= 15 is 0 Å². The molecule has 1 saturated carbocycles. The van der Waals surface area contributed by atoms with Crippen LogP contribution >= 0.6 is 0 Å². The van der Waals surface area contributed by atoms with Gasteiger partial charge in [0, 0.05) is 6.04 Å². The van der Waals surface area contributed by atoms with Crippen LogP contribution < -0.4 is 5.32 Å². The van der Waals surface area contributed by atoms with Gasteiger partial charge in [0.25, 0.3) is 5.69 Å². The fourth-order valence-corrected chi connectivity index (χ4v) is 2.46. The van der Waals surface area contributed by atoms with Gasteiger partial charge in [-0.3, -0.25) is 10.1 Å². The first kappa shape index (κ1) is 14.2. The van der Waals surface area contributed by atoms with Crippen molar-refractivity contribution < 1.29 is 19.2 Å². The van der Waals surface area contributed by atoms with E-state index in [2.05, 4.69) is 5.32 Å². The van der Waals surface area contributed by atoms with E-state index in [4.69, 9.17) is 5.11 Å². The molecule has 0 radical (unpaired) electrons. The molecule has 1 fully saturated rings. The Morgan fingerprint density at radius 1 is 1.35 bits per heavy atom. The minimum absolute atomic E-state index is 0.0138. The Bertz CT molecular complexity index is 541.